The Bertz CT molecular complexity index is 898. The van der Waals surface area contributed by atoms with E-state index >= 15 is 0 Å². The maximum absolute atomic E-state index is 9.58. The van der Waals surface area contributed by atoms with Crippen molar-refractivity contribution in [1.29, 1.82) is 5.26 Å². The molecule has 0 amide bonds. The fourth-order valence-corrected chi connectivity index (χ4v) is 3.01. The number of fused-ring (bicyclic) bond motifs is 2. The third-order valence-electron chi connectivity index (χ3n) is 4.14. The van der Waals surface area contributed by atoms with Crippen molar-refractivity contribution >= 4 is 0 Å². The van der Waals surface area contributed by atoms with Gasteiger partial charge in [0.25, 0.3) is 0 Å². The Hall–Kier alpha value is -3.33. The number of nitrogens with zero attached hydrogens (tertiary/aromatic N) is 1. The molecule has 0 radical (unpaired) electrons. The summed E-state index contributed by atoms with van der Waals surface area (Å²) in [6.07, 6.45) is 0. The molecule has 0 unspecified atom stereocenters. The molecule has 0 spiro atoms. The van der Waals surface area contributed by atoms with E-state index in [1.807, 2.05) is 30.3 Å². The summed E-state index contributed by atoms with van der Waals surface area (Å²) in [6.45, 7) is 0.163. The highest BCUT2D eigenvalue weighted by Gasteiger charge is 2.33. The summed E-state index contributed by atoms with van der Waals surface area (Å²) in [5.74, 6) is 2.23. The molecule has 0 aromatic heterocycles. The lowest BCUT2D eigenvalue weighted by Gasteiger charge is -2.26. The molecule has 0 bridgehead atoms. The van der Waals surface area contributed by atoms with E-state index in [0.717, 1.165) is 11.1 Å². The molecule has 1 atom stereocenters. The quantitative estimate of drug-likeness (QED) is 0.914. The fourth-order valence-electron chi connectivity index (χ4n) is 3.01. The lowest BCUT2D eigenvalue weighted by atomic mass is 9.83. The van der Waals surface area contributed by atoms with Gasteiger partial charge >= 0.3 is 0 Å². The Morgan fingerprint density at radius 1 is 1.17 bits per heavy atom. The van der Waals surface area contributed by atoms with E-state index in [0.29, 0.717) is 28.6 Å². The smallest absolute Gasteiger partial charge is 0.231 e. The lowest BCUT2D eigenvalue weighted by Crippen LogP contribution is -2.21. The number of rotatable bonds is 2. The van der Waals surface area contributed by atoms with Gasteiger partial charge in [0.05, 0.1) is 13.0 Å². The standard InChI is InChI=1S/C18H14N2O4/c1-21-11-4-2-3-10(5-11)17-12-6-15-16(23-9-22-15)7-14(12)24-18(20)13(17)8-19/h2-7,17H,9,20H2,1H3/t17-/m0/s1. The molecule has 0 aliphatic carbocycles. The molecular formula is C18H14N2O4. The van der Waals surface area contributed by atoms with E-state index in [9.17, 15) is 5.26 Å². The zero-order valence-electron chi connectivity index (χ0n) is 12.9. The van der Waals surface area contributed by atoms with Crippen LogP contribution >= 0.6 is 0 Å². The summed E-state index contributed by atoms with van der Waals surface area (Å²) in [5, 5.41) is 9.58. The molecule has 0 fully saturated rings. The number of nitriles is 1. The number of methoxy groups -OCH3 is 1. The first-order valence-corrected chi connectivity index (χ1v) is 7.36. The summed E-state index contributed by atoms with van der Waals surface area (Å²) < 4.78 is 21.8. The van der Waals surface area contributed by atoms with Crippen molar-refractivity contribution in [2.24, 2.45) is 5.73 Å². The van der Waals surface area contributed by atoms with Gasteiger partial charge in [-0.05, 0) is 23.8 Å². The van der Waals surface area contributed by atoms with Crippen molar-refractivity contribution in [2.45, 2.75) is 5.92 Å². The van der Waals surface area contributed by atoms with Crippen molar-refractivity contribution in [2.75, 3.05) is 13.9 Å². The van der Waals surface area contributed by atoms with Gasteiger partial charge < -0.3 is 24.7 Å². The number of benzene rings is 2. The first-order valence-electron chi connectivity index (χ1n) is 7.36. The second-order valence-corrected chi connectivity index (χ2v) is 5.44. The van der Waals surface area contributed by atoms with Crippen molar-refractivity contribution in [1.82, 2.24) is 0 Å². The fraction of sp³-hybridized carbons (Fsp3) is 0.167. The summed E-state index contributed by atoms with van der Waals surface area (Å²) in [5.41, 5.74) is 8.03. The van der Waals surface area contributed by atoms with Crippen LogP contribution in [-0.4, -0.2) is 13.9 Å². The number of allylic oxidation sites excluding steroid dienone is 1. The van der Waals surface area contributed by atoms with E-state index < -0.39 is 0 Å². The number of nitrogens with two attached hydrogens (primary N) is 1. The Kier molecular flexibility index (Phi) is 3.21. The molecule has 0 saturated heterocycles. The van der Waals surface area contributed by atoms with Gasteiger partial charge in [-0.15, -0.1) is 0 Å². The Morgan fingerprint density at radius 2 is 1.96 bits per heavy atom. The minimum Gasteiger partial charge on any atom is -0.497 e. The summed E-state index contributed by atoms with van der Waals surface area (Å²) in [6, 6.07) is 13.3. The number of hydrogen-bond acceptors (Lipinski definition) is 6. The van der Waals surface area contributed by atoms with Crippen LogP contribution in [0, 0.1) is 11.3 Å². The first kappa shape index (κ1) is 14.3. The molecule has 24 heavy (non-hydrogen) atoms. The van der Waals surface area contributed by atoms with Gasteiger partial charge in [0, 0.05) is 11.6 Å². The number of hydrogen-bond donors (Lipinski definition) is 1. The normalized spacial score (nSPS) is 17.8. The van der Waals surface area contributed by atoms with Crippen molar-refractivity contribution in [3.05, 3.63) is 59.0 Å². The Labute approximate surface area is 138 Å². The molecule has 0 saturated carbocycles. The monoisotopic (exact) mass is 322 g/mol. The summed E-state index contributed by atoms with van der Waals surface area (Å²) >= 11 is 0. The van der Waals surface area contributed by atoms with Crippen LogP contribution in [0.3, 0.4) is 0 Å². The van der Waals surface area contributed by atoms with Crippen molar-refractivity contribution in [3.8, 4) is 29.1 Å². The van der Waals surface area contributed by atoms with Crippen molar-refractivity contribution < 1.29 is 18.9 Å². The molecule has 2 N–H and O–H groups in total. The van der Waals surface area contributed by atoms with E-state index in [4.69, 9.17) is 24.7 Å². The Morgan fingerprint density at radius 3 is 2.71 bits per heavy atom. The highest BCUT2D eigenvalue weighted by Crippen LogP contribution is 2.48. The molecule has 6 heteroatoms. The largest absolute Gasteiger partial charge is 0.497 e. The van der Waals surface area contributed by atoms with E-state index in [1.165, 1.54) is 0 Å². The van der Waals surface area contributed by atoms with Gasteiger partial charge in [-0.1, -0.05) is 12.1 Å². The SMILES string of the molecule is COc1cccc([C@@H]2C(C#N)=C(N)Oc3cc4c(cc32)OCO4)c1. The predicted octanol–water partition coefficient (Wildman–Crippen LogP) is 2.64. The van der Waals surface area contributed by atoms with Gasteiger partial charge in [0.15, 0.2) is 11.5 Å². The van der Waals surface area contributed by atoms with Gasteiger partial charge in [-0.25, -0.2) is 0 Å². The topological polar surface area (TPSA) is 86.7 Å². The molecule has 2 aliphatic rings. The van der Waals surface area contributed by atoms with Gasteiger partial charge in [0.2, 0.25) is 12.7 Å². The van der Waals surface area contributed by atoms with Crippen molar-refractivity contribution in [3.63, 3.8) is 0 Å². The van der Waals surface area contributed by atoms with Crippen LogP contribution in [0.15, 0.2) is 47.9 Å². The molecule has 120 valence electrons. The highest BCUT2D eigenvalue weighted by atomic mass is 16.7. The minimum absolute atomic E-state index is 0.0942. The molecular weight excluding hydrogens is 308 g/mol. The average molecular weight is 322 g/mol. The van der Waals surface area contributed by atoms with E-state index in [1.54, 1.807) is 13.2 Å². The third-order valence-corrected chi connectivity index (χ3v) is 4.14. The minimum atomic E-state index is -0.358. The maximum Gasteiger partial charge on any atom is 0.231 e. The van der Waals surface area contributed by atoms with Crippen LogP contribution in [0.1, 0.15) is 17.0 Å². The molecule has 2 aromatic rings. The van der Waals surface area contributed by atoms with Gasteiger partial charge in [-0.2, -0.15) is 5.26 Å². The Balaban J connectivity index is 1.92. The second kappa shape index (κ2) is 5.39. The van der Waals surface area contributed by atoms with Gasteiger partial charge in [0.1, 0.15) is 23.1 Å². The number of ether oxygens (including phenoxy) is 4. The zero-order chi connectivity index (χ0) is 16.7. The van der Waals surface area contributed by atoms with Gasteiger partial charge in [-0.3, -0.25) is 0 Å². The molecule has 2 heterocycles. The van der Waals surface area contributed by atoms with Crippen LogP contribution in [0.25, 0.3) is 0 Å². The van der Waals surface area contributed by atoms with E-state index in [2.05, 4.69) is 6.07 Å². The van der Waals surface area contributed by atoms with Crippen LogP contribution in [-0.2, 0) is 0 Å². The molecule has 2 aliphatic heterocycles. The molecule has 2 aromatic carbocycles. The van der Waals surface area contributed by atoms with Crippen LogP contribution in [0.5, 0.6) is 23.0 Å². The summed E-state index contributed by atoms with van der Waals surface area (Å²) in [4.78, 5) is 0. The first-order chi connectivity index (χ1) is 11.7. The highest BCUT2D eigenvalue weighted by molar-refractivity contribution is 5.61. The zero-order valence-corrected chi connectivity index (χ0v) is 12.9. The van der Waals surface area contributed by atoms with Crippen LogP contribution in [0.2, 0.25) is 0 Å². The molecule has 4 rings (SSSR count). The summed E-state index contributed by atoms with van der Waals surface area (Å²) in [7, 11) is 1.60. The second-order valence-electron chi connectivity index (χ2n) is 5.44. The maximum atomic E-state index is 9.58. The lowest BCUT2D eigenvalue weighted by molar-refractivity contribution is 0.174. The predicted molar refractivity (Wildman–Crippen MR) is 84.9 cm³/mol. The third kappa shape index (κ3) is 2.10. The van der Waals surface area contributed by atoms with E-state index in [-0.39, 0.29) is 18.6 Å². The van der Waals surface area contributed by atoms with Crippen LogP contribution < -0.4 is 24.7 Å². The molecule has 6 nitrogen and oxygen atoms in total. The van der Waals surface area contributed by atoms with Crippen LogP contribution in [0.4, 0.5) is 0 Å². The average Bonchev–Trinajstić information content (AvgIpc) is 3.06.